The highest BCUT2D eigenvalue weighted by Gasteiger charge is 2.03. The number of hydrogen-bond donors (Lipinski definition) is 2. The van der Waals surface area contributed by atoms with Gasteiger partial charge in [-0.25, -0.2) is 0 Å². The molecule has 0 aliphatic rings. The lowest BCUT2D eigenvalue weighted by atomic mass is 10.1. The molecule has 3 heteroatoms. The molecule has 0 radical (unpaired) electrons. The first kappa shape index (κ1) is 13.6. The van der Waals surface area contributed by atoms with Crippen LogP contribution in [0.1, 0.15) is 0 Å². The molecule has 0 aromatic heterocycles. The van der Waals surface area contributed by atoms with Gasteiger partial charge in [0.2, 0.25) is 0 Å². The monoisotopic (exact) mass is 173 g/mol. The molecule has 0 saturated heterocycles. The molecule has 0 amide bonds. The molecule has 0 heterocycles. The van der Waals surface area contributed by atoms with Gasteiger partial charge in [-0.05, 0) is 12.6 Å². The fourth-order valence-corrected chi connectivity index (χ4v) is 0.762. The maximum Gasteiger partial charge on any atom is 0.0914 e. The zero-order valence-corrected chi connectivity index (χ0v) is 7.29. The van der Waals surface area contributed by atoms with Crippen LogP contribution in [0.4, 0.5) is 4.70 Å². The van der Waals surface area contributed by atoms with Crippen LogP contribution in [-0.4, -0.2) is 24.8 Å². The summed E-state index contributed by atoms with van der Waals surface area (Å²) >= 11 is 0. The van der Waals surface area contributed by atoms with E-state index >= 15 is 0 Å². The van der Waals surface area contributed by atoms with Crippen LogP contribution in [0.3, 0.4) is 0 Å². The number of nitrogens with one attached hydrogen (secondary N) is 1. The van der Waals surface area contributed by atoms with Gasteiger partial charge in [-0.2, -0.15) is 0 Å². The van der Waals surface area contributed by atoms with Crippen molar-refractivity contribution in [3.63, 3.8) is 0 Å². The van der Waals surface area contributed by atoms with Gasteiger partial charge in [-0.15, -0.1) is 0 Å². The van der Waals surface area contributed by atoms with Gasteiger partial charge in [0, 0.05) is 6.54 Å². The molecule has 0 aliphatic heterocycles. The van der Waals surface area contributed by atoms with E-state index in [1.807, 2.05) is 0 Å². The van der Waals surface area contributed by atoms with Crippen LogP contribution >= 0.6 is 0 Å². The Morgan fingerprint density at radius 1 is 1.58 bits per heavy atom. The van der Waals surface area contributed by atoms with Gasteiger partial charge in [-0.1, -0.05) is 31.4 Å². The Labute approximate surface area is 72.7 Å². The molecule has 0 aromatic carbocycles. The Balaban J connectivity index is 0. The summed E-state index contributed by atoms with van der Waals surface area (Å²) in [5.74, 6) is 0. The normalized spacial score (nSPS) is 13.0. The van der Waals surface area contributed by atoms with E-state index in [9.17, 15) is 5.11 Å². The van der Waals surface area contributed by atoms with E-state index in [1.165, 1.54) is 0 Å². The van der Waals surface area contributed by atoms with Crippen molar-refractivity contribution in [3.05, 3.63) is 37.0 Å². The first-order valence-electron chi connectivity index (χ1n) is 3.54. The van der Waals surface area contributed by atoms with E-state index in [4.69, 9.17) is 0 Å². The lowest BCUT2D eigenvalue weighted by Crippen LogP contribution is -2.24. The van der Waals surface area contributed by atoms with Crippen LogP contribution in [0.2, 0.25) is 0 Å². The van der Waals surface area contributed by atoms with Gasteiger partial charge in [-0.3, -0.25) is 4.70 Å². The predicted molar refractivity (Wildman–Crippen MR) is 50.9 cm³/mol. The van der Waals surface area contributed by atoms with Gasteiger partial charge >= 0.3 is 0 Å². The summed E-state index contributed by atoms with van der Waals surface area (Å²) < 4.78 is 0. The highest BCUT2D eigenvalue weighted by Crippen LogP contribution is 2.02. The van der Waals surface area contributed by atoms with E-state index in [2.05, 4.69) is 18.5 Å². The minimum Gasteiger partial charge on any atom is -0.387 e. The molecule has 0 bridgehead atoms. The molecule has 1 atom stereocenters. The van der Waals surface area contributed by atoms with Crippen LogP contribution in [-0.2, 0) is 0 Å². The Hall–Kier alpha value is -0.930. The molecule has 2 N–H and O–H groups in total. The Morgan fingerprint density at radius 3 is 2.50 bits per heavy atom. The van der Waals surface area contributed by atoms with Crippen molar-refractivity contribution in [2.24, 2.45) is 0 Å². The molecule has 0 saturated carbocycles. The quantitative estimate of drug-likeness (QED) is 0.608. The van der Waals surface area contributed by atoms with Crippen molar-refractivity contribution < 1.29 is 9.81 Å². The van der Waals surface area contributed by atoms with Gasteiger partial charge in [0.1, 0.15) is 0 Å². The van der Waals surface area contributed by atoms with Crippen LogP contribution in [0, 0.1) is 0 Å². The van der Waals surface area contributed by atoms with Crippen molar-refractivity contribution in [3.8, 4) is 0 Å². The van der Waals surface area contributed by atoms with Crippen LogP contribution in [0.5, 0.6) is 0 Å². The molecule has 0 aromatic rings. The van der Waals surface area contributed by atoms with Crippen LogP contribution < -0.4 is 5.32 Å². The number of halogens is 1. The highest BCUT2D eigenvalue weighted by atomic mass is 19.0. The predicted octanol–water partition coefficient (Wildman–Crippen LogP) is 1.02. The molecule has 0 unspecified atom stereocenters. The topological polar surface area (TPSA) is 32.3 Å². The largest absolute Gasteiger partial charge is 0.387 e. The molecule has 2 nitrogen and oxygen atoms in total. The fraction of sp³-hybridized carbons (Fsp3) is 0.333. The van der Waals surface area contributed by atoms with Crippen molar-refractivity contribution in [2.75, 3.05) is 13.6 Å². The maximum absolute atomic E-state index is 9.39. The number of aliphatic hydroxyl groups is 1. The lowest BCUT2D eigenvalue weighted by molar-refractivity contribution is 0.214. The van der Waals surface area contributed by atoms with Gasteiger partial charge < -0.3 is 10.4 Å². The van der Waals surface area contributed by atoms with Gasteiger partial charge in [0.25, 0.3) is 0 Å². The van der Waals surface area contributed by atoms with Crippen LogP contribution in [0.15, 0.2) is 37.0 Å². The summed E-state index contributed by atoms with van der Waals surface area (Å²) in [6.07, 6.45) is 4.52. The Morgan fingerprint density at radius 2 is 2.17 bits per heavy atom. The summed E-state index contributed by atoms with van der Waals surface area (Å²) in [6, 6.07) is 0. The number of allylic oxidation sites excluding steroid dienone is 2. The SMILES string of the molecule is C=C/C=C(\C=C)[C@@H](O)CNC.F. The number of likely N-dealkylation sites (N-methyl/N-ethyl adjacent to an activating group) is 1. The van der Waals surface area contributed by atoms with Crippen molar-refractivity contribution in [2.45, 2.75) is 6.10 Å². The molecule has 0 rings (SSSR count). The van der Waals surface area contributed by atoms with E-state index in [1.54, 1.807) is 25.3 Å². The standard InChI is InChI=1S/C9H15NO.FH/c1-4-6-8(5-2)9(11)7-10-3;/h4-6,9-11H,1-2,7H2,3H3;1H/b8-6+;/t9-;/m0./s1. The second-order valence-electron chi connectivity index (χ2n) is 2.18. The fourth-order valence-electron chi connectivity index (χ4n) is 0.762. The second kappa shape index (κ2) is 8.17. The molecule has 0 aliphatic carbocycles. The molecule has 0 fully saturated rings. The number of rotatable bonds is 5. The van der Waals surface area contributed by atoms with Crippen molar-refractivity contribution >= 4 is 0 Å². The average Bonchev–Trinajstić information content (AvgIpc) is 2.00. The summed E-state index contributed by atoms with van der Waals surface area (Å²) in [7, 11) is 1.79. The van der Waals surface area contributed by atoms with Gasteiger partial charge in [0.15, 0.2) is 0 Å². The maximum atomic E-state index is 9.39. The first-order chi connectivity index (χ1) is 5.26. The molecule has 0 spiro atoms. The van der Waals surface area contributed by atoms with E-state index in [-0.39, 0.29) is 4.70 Å². The summed E-state index contributed by atoms with van der Waals surface area (Å²) in [4.78, 5) is 0. The van der Waals surface area contributed by atoms with Gasteiger partial charge in [0.05, 0.1) is 6.10 Å². The van der Waals surface area contributed by atoms with Crippen molar-refractivity contribution in [1.29, 1.82) is 0 Å². The van der Waals surface area contributed by atoms with E-state index in [0.29, 0.717) is 6.54 Å². The summed E-state index contributed by atoms with van der Waals surface area (Å²) in [6.45, 7) is 7.65. The summed E-state index contributed by atoms with van der Waals surface area (Å²) in [5, 5.41) is 12.3. The van der Waals surface area contributed by atoms with Crippen molar-refractivity contribution in [1.82, 2.24) is 5.32 Å². The number of hydrogen-bond acceptors (Lipinski definition) is 2. The Kier molecular flexibility index (Phi) is 9.29. The third-order valence-corrected chi connectivity index (χ3v) is 1.33. The minimum atomic E-state index is -0.490. The second-order valence-corrected chi connectivity index (χ2v) is 2.18. The third-order valence-electron chi connectivity index (χ3n) is 1.33. The third kappa shape index (κ3) is 4.82. The average molecular weight is 173 g/mol. The summed E-state index contributed by atoms with van der Waals surface area (Å²) in [5.41, 5.74) is 0.786. The smallest absolute Gasteiger partial charge is 0.0914 e. The first-order valence-corrected chi connectivity index (χ1v) is 3.54. The lowest BCUT2D eigenvalue weighted by Gasteiger charge is -2.09. The minimum absolute atomic E-state index is 0. The van der Waals surface area contributed by atoms with E-state index in [0.717, 1.165) is 5.57 Å². The zero-order chi connectivity index (χ0) is 8.69. The molecular formula is C9H16FNO. The molecule has 70 valence electrons. The number of aliphatic hydroxyl groups excluding tert-OH is 1. The molecule has 12 heavy (non-hydrogen) atoms. The van der Waals surface area contributed by atoms with Crippen LogP contribution in [0.25, 0.3) is 0 Å². The highest BCUT2D eigenvalue weighted by molar-refractivity contribution is 5.25. The Bertz CT molecular complexity index is 166. The molecular weight excluding hydrogens is 157 g/mol. The van der Waals surface area contributed by atoms with E-state index < -0.39 is 6.10 Å². The zero-order valence-electron chi connectivity index (χ0n) is 7.29.